The molecule has 66 valence electrons. The molecule has 0 amide bonds. The molecular weight excluding hydrogens is 146 g/mol. The Morgan fingerprint density at radius 3 is 2.42 bits per heavy atom. The Morgan fingerprint density at radius 2 is 2.00 bits per heavy atom. The molecule has 0 aromatic carbocycles. The summed E-state index contributed by atoms with van der Waals surface area (Å²) in [6.45, 7) is 9.01. The van der Waals surface area contributed by atoms with E-state index in [1.807, 2.05) is 18.5 Å². The van der Waals surface area contributed by atoms with E-state index in [0.717, 1.165) is 0 Å². The van der Waals surface area contributed by atoms with Crippen molar-refractivity contribution in [2.24, 2.45) is 5.41 Å². The molecule has 1 aromatic heterocycles. The molecule has 1 aromatic rings. The number of rotatable bonds is 1. The zero-order valence-corrected chi connectivity index (χ0v) is 8.33. The molecule has 1 heterocycles. The lowest BCUT2D eigenvalue weighted by Gasteiger charge is -2.27. The summed E-state index contributed by atoms with van der Waals surface area (Å²) in [4.78, 5) is 4.12. The third-order valence-electron chi connectivity index (χ3n) is 2.48. The fourth-order valence-electron chi connectivity index (χ4n) is 1.13. The van der Waals surface area contributed by atoms with Gasteiger partial charge in [0.25, 0.3) is 0 Å². The molecule has 0 spiro atoms. The van der Waals surface area contributed by atoms with Gasteiger partial charge in [0.15, 0.2) is 0 Å². The van der Waals surface area contributed by atoms with E-state index in [9.17, 15) is 0 Å². The van der Waals surface area contributed by atoms with Crippen LogP contribution in [0.5, 0.6) is 0 Å². The minimum Gasteiger partial charge on any atom is -0.264 e. The Balaban J connectivity index is 2.86. The van der Waals surface area contributed by atoms with Gasteiger partial charge in [-0.1, -0.05) is 33.8 Å². The molecule has 0 radical (unpaired) electrons. The van der Waals surface area contributed by atoms with Crippen LogP contribution in [0.3, 0.4) is 0 Å². The minimum atomic E-state index is 0.322. The largest absolute Gasteiger partial charge is 0.264 e. The van der Waals surface area contributed by atoms with Crippen LogP contribution < -0.4 is 0 Å². The van der Waals surface area contributed by atoms with Gasteiger partial charge in [0.2, 0.25) is 0 Å². The van der Waals surface area contributed by atoms with Crippen LogP contribution in [0.1, 0.15) is 39.2 Å². The average Bonchev–Trinajstić information content (AvgIpc) is 2.03. The Kier molecular flexibility index (Phi) is 2.51. The molecule has 1 heteroatoms. The van der Waals surface area contributed by atoms with Gasteiger partial charge in [-0.15, -0.1) is 0 Å². The first-order chi connectivity index (χ1) is 5.52. The lowest BCUT2D eigenvalue weighted by molar-refractivity contribution is 0.339. The van der Waals surface area contributed by atoms with Crippen molar-refractivity contribution in [2.45, 2.75) is 33.6 Å². The normalized spacial score (nSPS) is 14.3. The first-order valence-corrected chi connectivity index (χ1v) is 4.42. The van der Waals surface area contributed by atoms with E-state index in [1.165, 1.54) is 5.56 Å². The van der Waals surface area contributed by atoms with Crippen molar-refractivity contribution >= 4 is 0 Å². The Labute approximate surface area is 74.8 Å². The van der Waals surface area contributed by atoms with E-state index in [2.05, 4.69) is 38.7 Å². The Bertz CT molecular complexity index is 233. The van der Waals surface area contributed by atoms with Crippen LogP contribution in [0, 0.1) is 5.41 Å². The molecule has 1 atom stereocenters. The van der Waals surface area contributed by atoms with Crippen LogP contribution in [0.4, 0.5) is 0 Å². The SMILES string of the molecule is CC(c1cccnc1)C(C)(C)C. The maximum atomic E-state index is 4.12. The summed E-state index contributed by atoms with van der Waals surface area (Å²) >= 11 is 0. The number of pyridine rings is 1. The van der Waals surface area contributed by atoms with Crippen molar-refractivity contribution in [1.29, 1.82) is 0 Å². The predicted molar refractivity (Wildman–Crippen MR) is 52.1 cm³/mol. The molecule has 1 rings (SSSR count). The van der Waals surface area contributed by atoms with E-state index in [0.29, 0.717) is 11.3 Å². The molecule has 1 unspecified atom stereocenters. The molecule has 1 nitrogen and oxygen atoms in total. The molecule has 0 bridgehead atoms. The number of hydrogen-bond acceptors (Lipinski definition) is 1. The predicted octanol–water partition coefficient (Wildman–Crippen LogP) is 3.23. The van der Waals surface area contributed by atoms with Crippen LogP contribution in [0.2, 0.25) is 0 Å². The van der Waals surface area contributed by atoms with Crippen LogP contribution in [-0.4, -0.2) is 4.98 Å². The van der Waals surface area contributed by atoms with Gasteiger partial charge in [0.05, 0.1) is 0 Å². The fraction of sp³-hybridized carbons (Fsp3) is 0.545. The summed E-state index contributed by atoms with van der Waals surface area (Å²) in [7, 11) is 0. The highest BCUT2D eigenvalue weighted by atomic mass is 14.6. The van der Waals surface area contributed by atoms with Gasteiger partial charge in [-0.3, -0.25) is 4.98 Å². The second kappa shape index (κ2) is 3.26. The first-order valence-electron chi connectivity index (χ1n) is 4.42. The van der Waals surface area contributed by atoms with Crippen molar-refractivity contribution in [2.75, 3.05) is 0 Å². The lowest BCUT2D eigenvalue weighted by Crippen LogP contribution is -2.15. The summed E-state index contributed by atoms with van der Waals surface area (Å²) in [5.41, 5.74) is 1.65. The highest BCUT2D eigenvalue weighted by Crippen LogP contribution is 2.33. The number of aromatic nitrogens is 1. The third kappa shape index (κ3) is 2.07. The standard InChI is InChI=1S/C11H17N/c1-9(11(2,3)4)10-6-5-7-12-8-10/h5-9H,1-4H3. The molecule has 0 saturated heterocycles. The summed E-state index contributed by atoms with van der Waals surface area (Å²) in [5, 5.41) is 0. The highest BCUT2D eigenvalue weighted by molar-refractivity contribution is 5.15. The maximum absolute atomic E-state index is 4.12. The monoisotopic (exact) mass is 163 g/mol. The van der Waals surface area contributed by atoms with Crippen LogP contribution in [0.15, 0.2) is 24.5 Å². The van der Waals surface area contributed by atoms with Crippen molar-refractivity contribution in [3.05, 3.63) is 30.1 Å². The number of hydrogen-bond donors (Lipinski definition) is 0. The molecule has 0 aliphatic carbocycles. The van der Waals surface area contributed by atoms with E-state index in [-0.39, 0.29) is 0 Å². The van der Waals surface area contributed by atoms with E-state index in [4.69, 9.17) is 0 Å². The van der Waals surface area contributed by atoms with Gasteiger partial charge < -0.3 is 0 Å². The zero-order chi connectivity index (χ0) is 9.19. The van der Waals surface area contributed by atoms with Crippen molar-refractivity contribution in [3.63, 3.8) is 0 Å². The zero-order valence-electron chi connectivity index (χ0n) is 8.33. The first kappa shape index (κ1) is 9.24. The average molecular weight is 163 g/mol. The van der Waals surface area contributed by atoms with E-state index < -0.39 is 0 Å². The highest BCUT2D eigenvalue weighted by Gasteiger charge is 2.21. The second-order valence-corrected chi connectivity index (χ2v) is 4.37. The minimum absolute atomic E-state index is 0.322. The van der Waals surface area contributed by atoms with Gasteiger partial charge in [0.1, 0.15) is 0 Å². The Hall–Kier alpha value is -0.850. The summed E-state index contributed by atoms with van der Waals surface area (Å²) in [6.07, 6.45) is 3.77. The van der Waals surface area contributed by atoms with E-state index >= 15 is 0 Å². The molecule has 0 fully saturated rings. The van der Waals surface area contributed by atoms with Gasteiger partial charge in [-0.25, -0.2) is 0 Å². The second-order valence-electron chi connectivity index (χ2n) is 4.37. The topological polar surface area (TPSA) is 12.9 Å². The van der Waals surface area contributed by atoms with Gasteiger partial charge in [0, 0.05) is 12.4 Å². The smallest absolute Gasteiger partial charge is 0.0302 e. The lowest BCUT2D eigenvalue weighted by atomic mass is 9.78. The van der Waals surface area contributed by atoms with Crippen LogP contribution in [0.25, 0.3) is 0 Å². The molecule has 0 aliphatic rings. The van der Waals surface area contributed by atoms with Crippen molar-refractivity contribution in [3.8, 4) is 0 Å². The van der Waals surface area contributed by atoms with Gasteiger partial charge >= 0.3 is 0 Å². The third-order valence-corrected chi connectivity index (χ3v) is 2.48. The van der Waals surface area contributed by atoms with Crippen molar-refractivity contribution in [1.82, 2.24) is 4.98 Å². The molecule has 12 heavy (non-hydrogen) atoms. The van der Waals surface area contributed by atoms with Crippen LogP contribution >= 0.6 is 0 Å². The quantitative estimate of drug-likeness (QED) is 0.619. The maximum Gasteiger partial charge on any atom is 0.0302 e. The fourth-order valence-corrected chi connectivity index (χ4v) is 1.13. The Morgan fingerprint density at radius 1 is 1.33 bits per heavy atom. The summed E-state index contributed by atoms with van der Waals surface area (Å²) in [6, 6.07) is 4.14. The molecule has 0 N–H and O–H groups in total. The van der Waals surface area contributed by atoms with Gasteiger partial charge in [-0.05, 0) is 23.0 Å². The van der Waals surface area contributed by atoms with Crippen molar-refractivity contribution < 1.29 is 0 Å². The number of nitrogens with zero attached hydrogens (tertiary/aromatic N) is 1. The molecular formula is C11H17N. The molecule has 0 saturated carbocycles. The van der Waals surface area contributed by atoms with Crippen LogP contribution in [-0.2, 0) is 0 Å². The van der Waals surface area contributed by atoms with Gasteiger partial charge in [-0.2, -0.15) is 0 Å². The van der Waals surface area contributed by atoms with E-state index in [1.54, 1.807) is 0 Å². The summed E-state index contributed by atoms with van der Waals surface area (Å²) < 4.78 is 0. The molecule has 0 aliphatic heterocycles. The summed E-state index contributed by atoms with van der Waals surface area (Å²) in [5.74, 6) is 0.561.